The lowest BCUT2D eigenvalue weighted by molar-refractivity contribution is 0.102. The molecule has 0 amide bonds. The van der Waals surface area contributed by atoms with Crippen LogP contribution in [0.2, 0.25) is 0 Å². The van der Waals surface area contributed by atoms with Crippen LogP contribution in [-0.4, -0.2) is 15.8 Å². The van der Waals surface area contributed by atoms with Crippen LogP contribution in [-0.2, 0) is 0 Å². The molecule has 0 spiro atoms. The Labute approximate surface area is 126 Å². The highest BCUT2D eigenvalue weighted by Gasteiger charge is 2.16. The van der Waals surface area contributed by atoms with E-state index in [0.717, 1.165) is 11.3 Å². The van der Waals surface area contributed by atoms with Crippen LogP contribution in [0.15, 0.2) is 54.9 Å². The van der Waals surface area contributed by atoms with E-state index in [4.69, 9.17) is 0 Å². The van der Waals surface area contributed by atoms with Crippen molar-refractivity contribution in [3.8, 4) is 11.3 Å². The summed E-state index contributed by atoms with van der Waals surface area (Å²) in [6.45, 7) is 1.56. The Bertz CT molecular complexity index is 754. The van der Waals surface area contributed by atoms with Gasteiger partial charge in [-0.05, 0) is 24.3 Å². The van der Waals surface area contributed by atoms with Gasteiger partial charge in [0.15, 0.2) is 10.9 Å². The average molecular weight is 295 g/mol. The molecule has 0 aliphatic heterocycles. The van der Waals surface area contributed by atoms with Crippen LogP contribution in [0.5, 0.6) is 0 Å². The van der Waals surface area contributed by atoms with Crippen molar-refractivity contribution in [3.05, 3.63) is 59.7 Å². The molecule has 21 heavy (non-hydrogen) atoms. The Hall–Kier alpha value is -2.53. The van der Waals surface area contributed by atoms with Crippen LogP contribution in [0.3, 0.4) is 0 Å². The number of aromatic nitrogens is 2. The van der Waals surface area contributed by atoms with Gasteiger partial charge in [-0.2, -0.15) is 0 Å². The quantitative estimate of drug-likeness (QED) is 0.735. The summed E-state index contributed by atoms with van der Waals surface area (Å²) in [5, 5.41) is 3.94. The number of carbonyl (C=O) groups is 1. The molecule has 1 N–H and O–H groups in total. The standard InChI is InChI=1S/C16H13N3OS/c1-11(20)15-14(12-7-9-17-10-8-12)19-16(21-15)18-13-5-3-2-4-6-13/h2-10H,1H3,(H,18,19). The fraction of sp³-hybridized carbons (Fsp3) is 0.0625. The Morgan fingerprint density at radius 2 is 1.81 bits per heavy atom. The van der Waals surface area contributed by atoms with Crippen molar-refractivity contribution in [2.75, 3.05) is 5.32 Å². The van der Waals surface area contributed by atoms with E-state index in [1.165, 1.54) is 11.3 Å². The average Bonchev–Trinajstić information content (AvgIpc) is 2.93. The van der Waals surface area contributed by atoms with Gasteiger partial charge in [-0.15, -0.1) is 0 Å². The number of benzene rings is 1. The Morgan fingerprint density at radius 1 is 1.10 bits per heavy atom. The Kier molecular flexibility index (Phi) is 3.75. The van der Waals surface area contributed by atoms with E-state index >= 15 is 0 Å². The lowest BCUT2D eigenvalue weighted by atomic mass is 10.1. The summed E-state index contributed by atoms with van der Waals surface area (Å²) < 4.78 is 0. The minimum absolute atomic E-state index is 0.0143. The van der Waals surface area contributed by atoms with E-state index in [0.29, 0.717) is 15.7 Å². The van der Waals surface area contributed by atoms with Crippen LogP contribution in [0.1, 0.15) is 16.6 Å². The van der Waals surface area contributed by atoms with Crippen molar-refractivity contribution >= 4 is 27.9 Å². The van der Waals surface area contributed by atoms with Gasteiger partial charge in [-0.3, -0.25) is 9.78 Å². The lowest BCUT2D eigenvalue weighted by Crippen LogP contribution is -1.92. The van der Waals surface area contributed by atoms with Crippen molar-refractivity contribution in [2.24, 2.45) is 0 Å². The second-order valence-electron chi connectivity index (χ2n) is 4.48. The topological polar surface area (TPSA) is 54.9 Å². The molecule has 0 saturated carbocycles. The first-order chi connectivity index (χ1) is 10.2. The molecule has 4 nitrogen and oxygen atoms in total. The molecule has 1 aromatic carbocycles. The molecule has 3 rings (SSSR count). The molecule has 0 fully saturated rings. The lowest BCUT2D eigenvalue weighted by Gasteiger charge is -2.00. The van der Waals surface area contributed by atoms with Crippen LogP contribution in [0.4, 0.5) is 10.8 Å². The van der Waals surface area contributed by atoms with Crippen LogP contribution >= 0.6 is 11.3 Å². The molecule has 0 aliphatic carbocycles. The van der Waals surface area contributed by atoms with Crippen molar-refractivity contribution in [3.63, 3.8) is 0 Å². The van der Waals surface area contributed by atoms with Crippen molar-refractivity contribution in [1.29, 1.82) is 0 Å². The molecule has 0 unspecified atom stereocenters. The number of Topliss-reactive ketones (excluding diaryl/α,β-unsaturated/α-hetero) is 1. The Morgan fingerprint density at radius 3 is 2.48 bits per heavy atom. The van der Waals surface area contributed by atoms with Crippen molar-refractivity contribution in [2.45, 2.75) is 6.92 Å². The largest absolute Gasteiger partial charge is 0.332 e. The Balaban J connectivity index is 1.99. The molecular weight excluding hydrogens is 282 g/mol. The maximum Gasteiger partial charge on any atom is 0.188 e. The number of para-hydroxylation sites is 1. The monoisotopic (exact) mass is 295 g/mol. The third-order valence-electron chi connectivity index (χ3n) is 2.93. The third kappa shape index (κ3) is 2.98. The summed E-state index contributed by atoms with van der Waals surface area (Å²) >= 11 is 1.37. The predicted octanol–water partition coefficient (Wildman–Crippen LogP) is 4.15. The summed E-state index contributed by atoms with van der Waals surface area (Å²) in [5.41, 5.74) is 2.54. The molecule has 3 aromatic rings. The summed E-state index contributed by atoms with van der Waals surface area (Å²) in [5.74, 6) is 0.0143. The van der Waals surface area contributed by atoms with Crippen LogP contribution in [0, 0.1) is 0 Å². The van der Waals surface area contributed by atoms with Crippen LogP contribution in [0.25, 0.3) is 11.3 Å². The molecule has 2 aromatic heterocycles. The number of hydrogen-bond acceptors (Lipinski definition) is 5. The first-order valence-corrected chi connectivity index (χ1v) is 7.30. The van der Waals surface area contributed by atoms with Crippen molar-refractivity contribution in [1.82, 2.24) is 9.97 Å². The number of nitrogens with zero attached hydrogens (tertiary/aromatic N) is 2. The van der Waals surface area contributed by atoms with E-state index in [-0.39, 0.29) is 5.78 Å². The second-order valence-corrected chi connectivity index (χ2v) is 5.48. The predicted molar refractivity (Wildman–Crippen MR) is 85.1 cm³/mol. The van der Waals surface area contributed by atoms with E-state index in [1.807, 2.05) is 42.5 Å². The van der Waals surface area contributed by atoms with Gasteiger partial charge in [0.1, 0.15) is 0 Å². The molecule has 0 radical (unpaired) electrons. The fourth-order valence-corrected chi connectivity index (χ4v) is 2.87. The maximum absolute atomic E-state index is 11.8. The maximum atomic E-state index is 11.8. The SMILES string of the molecule is CC(=O)c1sc(Nc2ccccc2)nc1-c1ccncc1. The first-order valence-electron chi connectivity index (χ1n) is 6.48. The summed E-state index contributed by atoms with van der Waals surface area (Å²) in [6, 6.07) is 13.5. The number of rotatable bonds is 4. The highest BCUT2D eigenvalue weighted by atomic mass is 32.1. The first kappa shape index (κ1) is 13.5. The van der Waals surface area contributed by atoms with E-state index in [2.05, 4.69) is 15.3 Å². The zero-order chi connectivity index (χ0) is 14.7. The second kappa shape index (κ2) is 5.85. The van der Waals surface area contributed by atoms with Gasteiger partial charge in [-0.1, -0.05) is 29.5 Å². The summed E-state index contributed by atoms with van der Waals surface area (Å²) in [6.07, 6.45) is 3.39. The molecule has 0 bridgehead atoms. The smallest absolute Gasteiger partial charge is 0.188 e. The number of ketones is 1. The van der Waals surface area contributed by atoms with Gasteiger partial charge >= 0.3 is 0 Å². The molecule has 0 aliphatic rings. The van der Waals surface area contributed by atoms with Gasteiger partial charge in [0.2, 0.25) is 0 Å². The molecule has 104 valence electrons. The number of pyridine rings is 1. The third-order valence-corrected chi connectivity index (χ3v) is 4.00. The molecule has 2 heterocycles. The highest BCUT2D eigenvalue weighted by molar-refractivity contribution is 7.18. The summed E-state index contributed by atoms with van der Waals surface area (Å²) in [7, 11) is 0. The molecule has 0 saturated heterocycles. The van der Waals surface area contributed by atoms with Crippen molar-refractivity contribution < 1.29 is 4.79 Å². The molecule has 5 heteroatoms. The van der Waals surface area contributed by atoms with Gasteiger partial charge in [0, 0.05) is 30.6 Å². The number of hydrogen-bond donors (Lipinski definition) is 1. The van der Waals surface area contributed by atoms with E-state index in [9.17, 15) is 4.79 Å². The minimum Gasteiger partial charge on any atom is -0.332 e. The van der Waals surface area contributed by atoms with E-state index in [1.54, 1.807) is 19.3 Å². The molecule has 0 atom stereocenters. The summed E-state index contributed by atoms with van der Waals surface area (Å²) in [4.78, 5) is 21.0. The number of carbonyl (C=O) groups excluding carboxylic acids is 1. The number of thiazole rings is 1. The zero-order valence-electron chi connectivity index (χ0n) is 11.4. The minimum atomic E-state index is 0.0143. The number of nitrogens with one attached hydrogen (secondary N) is 1. The van der Waals surface area contributed by atoms with Gasteiger partial charge < -0.3 is 5.32 Å². The molecular formula is C16H13N3OS. The van der Waals surface area contributed by atoms with Gasteiger partial charge in [-0.25, -0.2) is 4.98 Å². The normalized spacial score (nSPS) is 10.3. The van der Waals surface area contributed by atoms with Gasteiger partial charge in [0.25, 0.3) is 0 Å². The number of anilines is 2. The zero-order valence-corrected chi connectivity index (χ0v) is 12.2. The highest BCUT2D eigenvalue weighted by Crippen LogP contribution is 2.32. The van der Waals surface area contributed by atoms with E-state index < -0.39 is 0 Å². The van der Waals surface area contributed by atoms with Gasteiger partial charge in [0.05, 0.1) is 10.6 Å². The fourth-order valence-electron chi connectivity index (χ4n) is 1.96. The van der Waals surface area contributed by atoms with Crippen LogP contribution < -0.4 is 5.32 Å².